The molecule has 1 aliphatic rings. The maximum Gasteiger partial charge on any atom is 0.241 e. The maximum absolute atomic E-state index is 12.6. The third-order valence-electron chi connectivity index (χ3n) is 2.69. The molecule has 1 nitrogen and oxygen atoms in total. The van der Waals surface area contributed by atoms with E-state index in [0.29, 0.717) is 18.8 Å². The van der Waals surface area contributed by atoms with Crippen molar-refractivity contribution in [3.8, 4) is 0 Å². The molecule has 0 saturated heterocycles. The highest BCUT2D eigenvalue weighted by atomic mass is 19.3. The van der Waals surface area contributed by atoms with E-state index in [1.807, 2.05) is 13.8 Å². The van der Waals surface area contributed by atoms with Crippen molar-refractivity contribution < 1.29 is 8.78 Å². The molecular formula is C10H19F2N. The normalized spacial score (nSPS) is 22.4. The predicted molar refractivity (Wildman–Crippen MR) is 49.7 cm³/mol. The van der Waals surface area contributed by atoms with Gasteiger partial charge in [0.05, 0.1) is 0 Å². The van der Waals surface area contributed by atoms with Crippen LogP contribution in [0, 0.1) is 11.8 Å². The summed E-state index contributed by atoms with van der Waals surface area (Å²) in [6, 6.07) is 0. The molecule has 0 aromatic carbocycles. The fourth-order valence-electron chi connectivity index (χ4n) is 1.77. The number of rotatable bonds is 5. The van der Waals surface area contributed by atoms with Gasteiger partial charge in [0, 0.05) is 11.5 Å². The first kappa shape index (κ1) is 10.9. The Balaban J connectivity index is 2.38. The highest BCUT2D eigenvalue weighted by Gasteiger charge is 2.42. The van der Waals surface area contributed by atoms with Gasteiger partial charge in [0.2, 0.25) is 6.43 Å². The van der Waals surface area contributed by atoms with Crippen LogP contribution in [0.15, 0.2) is 0 Å². The topological polar surface area (TPSA) is 26.0 Å². The standard InChI is InChI=1S/C10H19F2N/c1-7(2)5-8(9(11)12)6-10(13)3-4-10/h7-9H,3-6,13H2,1-2H3. The van der Waals surface area contributed by atoms with Gasteiger partial charge in [0.15, 0.2) is 0 Å². The molecule has 78 valence electrons. The zero-order valence-corrected chi connectivity index (χ0v) is 8.39. The Morgan fingerprint density at radius 1 is 1.31 bits per heavy atom. The van der Waals surface area contributed by atoms with Crippen LogP contribution in [0.4, 0.5) is 8.78 Å². The smallest absolute Gasteiger partial charge is 0.241 e. The summed E-state index contributed by atoms with van der Waals surface area (Å²) in [5.41, 5.74) is 5.59. The van der Waals surface area contributed by atoms with Crippen molar-refractivity contribution in [2.24, 2.45) is 17.6 Å². The van der Waals surface area contributed by atoms with Crippen molar-refractivity contribution in [3.63, 3.8) is 0 Å². The van der Waals surface area contributed by atoms with E-state index in [2.05, 4.69) is 0 Å². The lowest BCUT2D eigenvalue weighted by Crippen LogP contribution is -2.29. The van der Waals surface area contributed by atoms with E-state index in [4.69, 9.17) is 5.73 Å². The number of alkyl halides is 2. The van der Waals surface area contributed by atoms with Crippen molar-refractivity contribution in [1.82, 2.24) is 0 Å². The molecule has 1 rings (SSSR count). The lowest BCUT2D eigenvalue weighted by atomic mass is 9.90. The Labute approximate surface area is 78.7 Å². The molecule has 0 heterocycles. The van der Waals surface area contributed by atoms with Gasteiger partial charge in [0.25, 0.3) is 0 Å². The van der Waals surface area contributed by atoms with Gasteiger partial charge < -0.3 is 5.73 Å². The van der Waals surface area contributed by atoms with E-state index in [9.17, 15) is 8.78 Å². The molecule has 1 aliphatic carbocycles. The SMILES string of the molecule is CC(C)CC(CC1(N)CC1)C(F)F. The Kier molecular flexibility index (Phi) is 3.28. The molecule has 0 aromatic heterocycles. The molecule has 3 heteroatoms. The van der Waals surface area contributed by atoms with E-state index < -0.39 is 12.3 Å². The quantitative estimate of drug-likeness (QED) is 0.710. The molecule has 0 bridgehead atoms. The summed E-state index contributed by atoms with van der Waals surface area (Å²) in [5.74, 6) is -0.158. The minimum atomic E-state index is -2.21. The van der Waals surface area contributed by atoms with Gasteiger partial charge in [-0.25, -0.2) is 8.78 Å². The lowest BCUT2D eigenvalue weighted by molar-refractivity contribution is 0.0551. The number of hydrogen-bond acceptors (Lipinski definition) is 1. The van der Waals surface area contributed by atoms with Crippen LogP contribution in [0.1, 0.15) is 39.5 Å². The monoisotopic (exact) mass is 191 g/mol. The average Bonchev–Trinajstić information content (AvgIpc) is 2.65. The van der Waals surface area contributed by atoms with Crippen LogP contribution < -0.4 is 5.73 Å². The summed E-state index contributed by atoms with van der Waals surface area (Å²) < 4.78 is 25.1. The van der Waals surface area contributed by atoms with Gasteiger partial charge in [-0.1, -0.05) is 13.8 Å². The van der Waals surface area contributed by atoms with Gasteiger partial charge in [-0.2, -0.15) is 0 Å². The number of nitrogens with two attached hydrogens (primary N) is 1. The van der Waals surface area contributed by atoms with E-state index >= 15 is 0 Å². The molecule has 0 spiro atoms. The van der Waals surface area contributed by atoms with Crippen molar-refractivity contribution in [2.45, 2.75) is 51.5 Å². The second-order valence-corrected chi connectivity index (χ2v) is 4.79. The minimum absolute atomic E-state index is 0.240. The first-order valence-corrected chi connectivity index (χ1v) is 5.00. The van der Waals surface area contributed by atoms with Crippen molar-refractivity contribution >= 4 is 0 Å². The van der Waals surface area contributed by atoms with E-state index in [1.165, 1.54) is 0 Å². The van der Waals surface area contributed by atoms with Gasteiger partial charge in [-0.15, -0.1) is 0 Å². The Morgan fingerprint density at radius 2 is 1.85 bits per heavy atom. The number of hydrogen-bond donors (Lipinski definition) is 1. The molecule has 1 saturated carbocycles. The summed E-state index contributed by atoms with van der Waals surface area (Å²) in [6.07, 6.45) is 0.741. The third kappa shape index (κ3) is 3.59. The van der Waals surface area contributed by atoms with Crippen LogP contribution in [-0.4, -0.2) is 12.0 Å². The zero-order valence-electron chi connectivity index (χ0n) is 8.39. The molecular weight excluding hydrogens is 172 g/mol. The summed E-state index contributed by atoms with van der Waals surface area (Å²) >= 11 is 0. The Morgan fingerprint density at radius 3 is 2.15 bits per heavy atom. The molecule has 1 fully saturated rings. The second kappa shape index (κ2) is 3.91. The fourth-order valence-corrected chi connectivity index (χ4v) is 1.77. The van der Waals surface area contributed by atoms with Crippen LogP contribution in [0.25, 0.3) is 0 Å². The first-order chi connectivity index (χ1) is 5.93. The van der Waals surface area contributed by atoms with Crippen LogP contribution in [0.2, 0.25) is 0 Å². The molecule has 13 heavy (non-hydrogen) atoms. The minimum Gasteiger partial charge on any atom is -0.325 e. The largest absolute Gasteiger partial charge is 0.325 e. The third-order valence-corrected chi connectivity index (χ3v) is 2.69. The van der Waals surface area contributed by atoms with E-state index in [0.717, 1.165) is 12.8 Å². The maximum atomic E-state index is 12.6. The molecule has 0 radical (unpaired) electrons. The van der Waals surface area contributed by atoms with Crippen molar-refractivity contribution in [1.29, 1.82) is 0 Å². The predicted octanol–water partition coefficient (Wildman–Crippen LogP) is 2.80. The Bertz CT molecular complexity index is 164. The molecule has 2 N–H and O–H groups in total. The highest BCUT2D eigenvalue weighted by molar-refractivity contribution is 5.00. The van der Waals surface area contributed by atoms with Gasteiger partial charge in [-0.05, 0) is 31.6 Å². The summed E-state index contributed by atoms with van der Waals surface area (Å²) in [4.78, 5) is 0. The van der Waals surface area contributed by atoms with Gasteiger partial charge in [-0.3, -0.25) is 0 Å². The van der Waals surface area contributed by atoms with E-state index in [-0.39, 0.29) is 5.54 Å². The van der Waals surface area contributed by atoms with Crippen LogP contribution in [0.3, 0.4) is 0 Å². The fraction of sp³-hybridized carbons (Fsp3) is 1.00. The van der Waals surface area contributed by atoms with E-state index in [1.54, 1.807) is 0 Å². The lowest BCUT2D eigenvalue weighted by Gasteiger charge is -2.21. The second-order valence-electron chi connectivity index (χ2n) is 4.79. The molecule has 0 aliphatic heterocycles. The molecule has 0 amide bonds. The first-order valence-electron chi connectivity index (χ1n) is 5.00. The van der Waals surface area contributed by atoms with Gasteiger partial charge in [0.1, 0.15) is 0 Å². The summed E-state index contributed by atoms with van der Waals surface area (Å²) in [7, 11) is 0. The van der Waals surface area contributed by atoms with Gasteiger partial charge >= 0.3 is 0 Å². The van der Waals surface area contributed by atoms with Crippen LogP contribution in [0.5, 0.6) is 0 Å². The Hall–Kier alpha value is -0.180. The van der Waals surface area contributed by atoms with Crippen LogP contribution in [-0.2, 0) is 0 Å². The summed E-state index contributed by atoms with van der Waals surface area (Å²) in [5, 5.41) is 0. The van der Waals surface area contributed by atoms with Crippen LogP contribution >= 0.6 is 0 Å². The number of halogens is 2. The summed E-state index contributed by atoms with van der Waals surface area (Å²) in [6.45, 7) is 3.96. The van der Waals surface area contributed by atoms with Crippen molar-refractivity contribution in [2.75, 3.05) is 0 Å². The molecule has 1 atom stereocenters. The molecule has 0 aromatic rings. The average molecular weight is 191 g/mol. The zero-order chi connectivity index (χ0) is 10.1. The molecule has 1 unspecified atom stereocenters. The van der Waals surface area contributed by atoms with Crippen molar-refractivity contribution in [3.05, 3.63) is 0 Å². The highest BCUT2D eigenvalue weighted by Crippen LogP contribution is 2.41.